The molecular weight excluding hydrogens is 331 g/mol. The van der Waals surface area contributed by atoms with Gasteiger partial charge in [-0.05, 0) is 12.1 Å². The molecule has 0 fully saturated rings. The van der Waals surface area contributed by atoms with Crippen LogP contribution in [0.15, 0.2) is 36.4 Å². The van der Waals surface area contributed by atoms with Crippen molar-refractivity contribution in [1.82, 2.24) is 0 Å². The fraction of sp³-hybridized carbons (Fsp3) is 0.167. The molecule has 0 unspecified atom stereocenters. The fourth-order valence-electron chi connectivity index (χ4n) is 1.74. The number of halogens is 6. The maximum absolute atomic E-state index is 10.7. The van der Waals surface area contributed by atoms with E-state index < -0.39 is 7.81 Å². The average Bonchev–Trinajstić information content (AvgIpc) is 2.33. The van der Waals surface area contributed by atoms with Gasteiger partial charge in [-0.2, -0.15) is 0 Å². The number of anilines is 1. The molecule has 0 amide bonds. The van der Waals surface area contributed by atoms with E-state index in [1.54, 1.807) is 0 Å². The molecule has 3 nitrogen and oxygen atoms in total. The van der Waals surface area contributed by atoms with E-state index in [-0.39, 0.29) is 0 Å². The first kappa shape index (κ1) is 18.0. The fourth-order valence-corrected chi connectivity index (χ4v) is 1.74. The minimum absolute atomic E-state index is 0.608. The maximum atomic E-state index is 9.87. The van der Waals surface area contributed by atoms with Crippen molar-refractivity contribution in [2.24, 2.45) is 0 Å². The number of rotatable bonds is 1. The van der Waals surface area contributed by atoms with Crippen molar-refractivity contribution < 1.29 is 25.2 Å². The predicted molar refractivity (Wildman–Crippen MR) is 76.6 cm³/mol. The summed E-state index contributed by atoms with van der Waals surface area (Å²) < 4.78 is 59.2. The Bertz CT molecular complexity index is 722. The van der Waals surface area contributed by atoms with E-state index in [4.69, 9.17) is 5.39 Å². The Hall–Kier alpha value is -2.07. The molecule has 2 rings (SSSR count). The van der Waals surface area contributed by atoms with Gasteiger partial charge in [0, 0.05) is 31.2 Å². The van der Waals surface area contributed by atoms with Gasteiger partial charge in [0.25, 0.3) is 0 Å². The van der Waals surface area contributed by atoms with Crippen molar-refractivity contribution in [3.8, 4) is 0 Å². The van der Waals surface area contributed by atoms with Gasteiger partial charge in [-0.1, -0.05) is 18.2 Å². The zero-order chi connectivity index (χ0) is 17.2. The van der Waals surface area contributed by atoms with Crippen LogP contribution in [-0.4, -0.2) is 14.1 Å². The van der Waals surface area contributed by atoms with Crippen molar-refractivity contribution in [3.05, 3.63) is 41.4 Å². The first-order valence-corrected chi connectivity index (χ1v) is 7.82. The van der Waals surface area contributed by atoms with Gasteiger partial charge >= 0.3 is 38.7 Å². The monoisotopic (exact) mass is 343 g/mol. The molecule has 2 aromatic rings. The summed E-state index contributed by atoms with van der Waals surface area (Å²) in [4.78, 5) is 5.33. The van der Waals surface area contributed by atoms with Crippen LogP contribution in [0.3, 0.4) is 0 Å². The van der Waals surface area contributed by atoms with E-state index >= 15 is 0 Å². The molecule has 0 radical (unpaired) electrons. The molecule has 0 aliphatic heterocycles. The average molecular weight is 343 g/mol. The van der Waals surface area contributed by atoms with Crippen LogP contribution in [0.5, 0.6) is 0 Å². The van der Waals surface area contributed by atoms with Crippen LogP contribution in [0.2, 0.25) is 0 Å². The Morgan fingerprint density at radius 3 is 1.73 bits per heavy atom. The Morgan fingerprint density at radius 1 is 0.864 bits per heavy atom. The molecule has 0 spiro atoms. The third-order valence-electron chi connectivity index (χ3n) is 2.47. The van der Waals surface area contributed by atoms with Crippen LogP contribution in [0, 0.1) is 5.39 Å². The summed E-state index contributed by atoms with van der Waals surface area (Å²) in [5, 5.41) is 10.9. The van der Waals surface area contributed by atoms with E-state index in [9.17, 15) is 25.2 Å². The van der Waals surface area contributed by atoms with Crippen molar-refractivity contribution in [3.63, 3.8) is 0 Å². The molecule has 0 aromatic heterocycles. The van der Waals surface area contributed by atoms with Crippen LogP contribution >= 0.6 is 7.81 Å². The number of fused-ring (bicyclic) bond motifs is 1. The molecule has 2 aromatic carbocycles. The van der Waals surface area contributed by atoms with E-state index in [1.165, 1.54) is 0 Å². The SMILES string of the molecule is CN(C)c1ccc([N+]#N)c2ccccc12.F[P-](F)(F)(F)(F)F. The van der Waals surface area contributed by atoms with Gasteiger partial charge in [-0.15, -0.1) is 0 Å². The molecule has 0 saturated heterocycles. The van der Waals surface area contributed by atoms with Crippen molar-refractivity contribution in [2.45, 2.75) is 0 Å². The van der Waals surface area contributed by atoms with Gasteiger partial charge in [-0.25, -0.2) is 0 Å². The molecular formula is C12H12F6N3P. The van der Waals surface area contributed by atoms with Gasteiger partial charge in [0.15, 0.2) is 4.98 Å². The molecule has 0 bridgehead atoms. The van der Waals surface area contributed by atoms with Gasteiger partial charge in [0.1, 0.15) is 0 Å². The second-order valence-corrected chi connectivity index (χ2v) is 6.52. The first-order chi connectivity index (χ1) is 9.69. The molecule has 0 N–H and O–H groups in total. The van der Waals surface area contributed by atoms with E-state index in [2.05, 4.69) is 4.98 Å². The van der Waals surface area contributed by atoms with Gasteiger partial charge in [-0.3, -0.25) is 0 Å². The number of hydrogen-bond donors (Lipinski definition) is 0. The van der Waals surface area contributed by atoms with Crippen LogP contribution in [-0.2, 0) is 0 Å². The number of hydrogen-bond acceptors (Lipinski definition) is 2. The summed E-state index contributed by atoms with van der Waals surface area (Å²) in [5.41, 5.74) is 1.73. The van der Waals surface area contributed by atoms with E-state index in [0.29, 0.717) is 5.69 Å². The van der Waals surface area contributed by atoms with Crippen LogP contribution < -0.4 is 4.90 Å². The molecule has 10 heteroatoms. The molecule has 122 valence electrons. The standard InChI is InChI=1S/C12H12N3.F6P/c1-15(2)12-8-7-11(14-13)9-5-3-4-6-10(9)12;1-7(2,3,4,5)6/h3-8H,1-2H3;/q+1;-1. The third kappa shape index (κ3) is 6.59. The van der Waals surface area contributed by atoms with Gasteiger partial charge < -0.3 is 4.90 Å². The van der Waals surface area contributed by atoms with Crippen molar-refractivity contribution in [1.29, 1.82) is 5.39 Å². The molecule has 0 aliphatic rings. The van der Waals surface area contributed by atoms with Crippen LogP contribution in [0.1, 0.15) is 0 Å². The topological polar surface area (TPSA) is 31.4 Å². The van der Waals surface area contributed by atoms with Crippen molar-refractivity contribution >= 4 is 30.0 Å². The summed E-state index contributed by atoms with van der Waals surface area (Å²) >= 11 is 0. The van der Waals surface area contributed by atoms with Crippen molar-refractivity contribution in [2.75, 3.05) is 19.0 Å². The summed E-state index contributed by atoms with van der Waals surface area (Å²) in [6.45, 7) is 0. The summed E-state index contributed by atoms with van der Waals surface area (Å²) in [7, 11) is -6.66. The normalized spacial score (nSPS) is 14.1. The Morgan fingerprint density at radius 2 is 1.32 bits per heavy atom. The first-order valence-electron chi connectivity index (χ1n) is 5.79. The van der Waals surface area contributed by atoms with Crippen LogP contribution in [0.4, 0.5) is 36.6 Å². The number of benzene rings is 2. The molecule has 0 heterocycles. The third-order valence-corrected chi connectivity index (χ3v) is 2.47. The second-order valence-electron chi connectivity index (χ2n) is 4.60. The zero-order valence-corrected chi connectivity index (χ0v) is 12.4. The molecule has 0 atom stereocenters. The molecule has 0 aliphatic carbocycles. The molecule has 0 saturated carbocycles. The number of nitrogens with zero attached hydrogens (tertiary/aromatic N) is 3. The molecule has 22 heavy (non-hydrogen) atoms. The van der Waals surface area contributed by atoms with Crippen LogP contribution in [0.25, 0.3) is 15.7 Å². The zero-order valence-electron chi connectivity index (χ0n) is 11.5. The Kier molecular flexibility index (Phi) is 4.08. The van der Waals surface area contributed by atoms with Gasteiger partial charge in [0.05, 0.1) is 5.39 Å². The summed E-state index contributed by atoms with van der Waals surface area (Å²) in [5.74, 6) is 0. The van der Waals surface area contributed by atoms with E-state index in [1.807, 2.05) is 55.4 Å². The Balaban J connectivity index is 0.000000295. The summed E-state index contributed by atoms with van der Waals surface area (Å²) in [6, 6.07) is 11.7. The predicted octanol–water partition coefficient (Wildman–Crippen LogP) is 6.77. The summed E-state index contributed by atoms with van der Waals surface area (Å²) in [6.07, 6.45) is 0. The van der Waals surface area contributed by atoms with Gasteiger partial charge in [0.2, 0.25) is 5.39 Å². The number of diazo groups is 1. The second kappa shape index (κ2) is 4.99. The Labute approximate surface area is 122 Å². The quantitative estimate of drug-likeness (QED) is 0.325. The van der Waals surface area contributed by atoms with E-state index in [0.717, 1.165) is 16.5 Å². The minimum atomic E-state index is -10.7.